The van der Waals surface area contributed by atoms with E-state index < -0.39 is 52.2 Å². The summed E-state index contributed by atoms with van der Waals surface area (Å²) in [4.78, 5) is 41.6. The molecule has 5 atom stereocenters. The lowest BCUT2D eigenvalue weighted by Gasteiger charge is -2.29. The van der Waals surface area contributed by atoms with Crippen molar-refractivity contribution in [1.29, 1.82) is 0 Å². The number of alkyl halides is 1. The van der Waals surface area contributed by atoms with E-state index in [2.05, 4.69) is 13.8 Å². The SMILES string of the molecule is CO[C@]1(COP(=O)(O)OP(=O)(O)O)O[C@@H](n2ccc(N)nc2=O)[C@H](O)[C@@H]1F. The maximum absolute atomic E-state index is 14.6. The molecule has 2 rings (SSSR count). The van der Waals surface area contributed by atoms with Crippen molar-refractivity contribution in [2.45, 2.75) is 24.3 Å². The van der Waals surface area contributed by atoms with Crippen LogP contribution in [0.5, 0.6) is 0 Å². The van der Waals surface area contributed by atoms with Crippen LogP contribution in [0.15, 0.2) is 17.1 Å². The Morgan fingerprint density at radius 2 is 2.07 bits per heavy atom. The van der Waals surface area contributed by atoms with Gasteiger partial charge in [-0.2, -0.15) is 9.29 Å². The summed E-state index contributed by atoms with van der Waals surface area (Å²) in [7, 11) is -9.85. The molecule has 0 bridgehead atoms. The molecule has 14 nitrogen and oxygen atoms in total. The topological polar surface area (TPSA) is 213 Å². The third-order valence-corrected chi connectivity index (χ3v) is 5.57. The lowest BCUT2D eigenvalue weighted by molar-refractivity contribution is -0.258. The van der Waals surface area contributed by atoms with Crippen molar-refractivity contribution in [3.63, 3.8) is 0 Å². The first-order chi connectivity index (χ1) is 12.3. The molecule has 1 fully saturated rings. The van der Waals surface area contributed by atoms with Gasteiger partial charge in [0.15, 0.2) is 12.4 Å². The first-order valence-electron chi connectivity index (χ1n) is 6.94. The van der Waals surface area contributed by atoms with Gasteiger partial charge in [0.2, 0.25) is 5.79 Å². The zero-order valence-electron chi connectivity index (χ0n) is 13.5. The molecule has 1 unspecified atom stereocenters. The maximum atomic E-state index is 14.6. The van der Waals surface area contributed by atoms with Gasteiger partial charge < -0.3 is 35.0 Å². The summed E-state index contributed by atoms with van der Waals surface area (Å²) in [5.41, 5.74) is 4.34. The van der Waals surface area contributed by atoms with Crippen molar-refractivity contribution in [1.82, 2.24) is 9.55 Å². The number of rotatable bonds is 7. The summed E-state index contributed by atoms with van der Waals surface area (Å²) in [6, 6.07) is 1.17. The average molecular weight is 435 g/mol. The van der Waals surface area contributed by atoms with E-state index in [4.69, 9.17) is 25.0 Å². The molecule has 0 radical (unpaired) electrons. The van der Waals surface area contributed by atoms with Gasteiger partial charge in [0.25, 0.3) is 0 Å². The summed E-state index contributed by atoms with van der Waals surface area (Å²) in [6.07, 6.45) is -5.03. The highest BCUT2D eigenvalue weighted by molar-refractivity contribution is 7.60. The van der Waals surface area contributed by atoms with Crippen LogP contribution in [0.3, 0.4) is 0 Å². The van der Waals surface area contributed by atoms with Crippen LogP contribution in [-0.4, -0.2) is 61.1 Å². The number of nitrogens with zero attached hydrogens (tertiary/aromatic N) is 2. The lowest BCUT2D eigenvalue weighted by Crippen LogP contribution is -2.46. The fourth-order valence-corrected chi connectivity index (χ4v) is 3.85. The summed E-state index contributed by atoms with van der Waals surface area (Å²) >= 11 is 0. The number of aliphatic hydroxyl groups excluding tert-OH is 1. The molecule has 0 spiro atoms. The quantitative estimate of drug-likeness (QED) is 0.313. The summed E-state index contributed by atoms with van der Waals surface area (Å²) < 4.78 is 55.3. The normalized spacial score (nSPS) is 31.0. The standard InChI is InChI=1S/C10H16FN3O11P2/c1-22-10(4-23-27(20,21)25-26(17,18)19)7(11)6(15)8(24-10)14-3-2-5(12)13-9(14)16/h2-3,6-8,15H,4H2,1H3,(H,20,21)(H2,12,13,16)(H2,17,18,19)/t6-,7+,8-,10-/m1/s1. The smallest absolute Gasteiger partial charge is 0.385 e. The van der Waals surface area contributed by atoms with Crippen LogP contribution in [0, 0.1) is 0 Å². The molecule has 0 aliphatic carbocycles. The van der Waals surface area contributed by atoms with Crippen LogP contribution in [-0.2, 0) is 27.4 Å². The van der Waals surface area contributed by atoms with Crippen molar-refractivity contribution in [2.75, 3.05) is 19.5 Å². The first-order valence-corrected chi connectivity index (χ1v) is 9.97. The van der Waals surface area contributed by atoms with E-state index in [0.717, 1.165) is 13.3 Å². The molecular formula is C10H16FN3O11P2. The molecule has 17 heteroatoms. The van der Waals surface area contributed by atoms with E-state index in [1.165, 1.54) is 6.07 Å². The van der Waals surface area contributed by atoms with Crippen LogP contribution in [0.4, 0.5) is 10.2 Å². The van der Waals surface area contributed by atoms with E-state index in [1.807, 2.05) is 0 Å². The lowest BCUT2D eigenvalue weighted by atomic mass is 10.1. The van der Waals surface area contributed by atoms with Gasteiger partial charge in [0.05, 0.1) is 0 Å². The number of aromatic nitrogens is 2. The number of ether oxygens (including phenoxy) is 2. The fourth-order valence-electron chi connectivity index (χ4n) is 2.25. The average Bonchev–Trinajstić information content (AvgIpc) is 2.76. The molecule has 1 aromatic heterocycles. The molecule has 1 saturated heterocycles. The van der Waals surface area contributed by atoms with Gasteiger partial charge in [-0.15, -0.1) is 0 Å². The Hall–Kier alpha value is -1.25. The molecule has 0 saturated carbocycles. The van der Waals surface area contributed by atoms with E-state index in [0.29, 0.717) is 4.57 Å². The highest BCUT2D eigenvalue weighted by Gasteiger charge is 2.58. The summed E-state index contributed by atoms with van der Waals surface area (Å²) in [6.45, 7) is -1.23. The van der Waals surface area contributed by atoms with E-state index in [-0.39, 0.29) is 5.82 Å². The molecule has 154 valence electrons. The Balaban J connectivity index is 2.25. The van der Waals surface area contributed by atoms with Crippen LogP contribution < -0.4 is 11.4 Å². The zero-order chi connectivity index (χ0) is 20.6. The molecule has 1 aromatic rings. The fraction of sp³-hybridized carbons (Fsp3) is 0.600. The molecular weight excluding hydrogens is 419 g/mol. The van der Waals surface area contributed by atoms with Crippen molar-refractivity contribution in [3.8, 4) is 0 Å². The number of methoxy groups -OCH3 is 1. The Labute approximate surface area is 150 Å². The summed E-state index contributed by atoms with van der Waals surface area (Å²) in [5, 5.41) is 10.0. The molecule has 0 aromatic carbocycles. The number of phosphoric ester groups is 1. The molecule has 27 heavy (non-hydrogen) atoms. The van der Waals surface area contributed by atoms with Gasteiger partial charge >= 0.3 is 21.3 Å². The van der Waals surface area contributed by atoms with Gasteiger partial charge in [-0.25, -0.2) is 18.3 Å². The van der Waals surface area contributed by atoms with Crippen molar-refractivity contribution in [2.24, 2.45) is 0 Å². The Bertz CT molecular complexity index is 846. The number of nitrogens with two attached hydrogens (primary N) is 1. The molecule has 6 N–H and O–H groups in total. The van der Waals surface area contributed by atoms with Crippen LogP contribution >= 0.6 is 15.6 Å². The predicted molar refractivity (Wildman–Crippen MR) is 82.6 cm³/mol. The van der Waals surface area contributed by atoms with Crippen molar-refractivity contribution >= 4 is 21.5 Å². The largest absolute Gasteiger partial charge is 0.481 e. The highest BCUT2D eigenvalue weighted by Crippen LogP contribution is 2.58. The van der Waals surface area contributed by atoms with Gasteiger partial charge in [-0.1, -0.05) is 0 Å². The monoisotopic (exact) mass is 435 g/mol. The Kier molecular flexibility index (Phi) is 6.24. The van der Waals surface area contributed by atoms with E-state index in [9.17, 15) is 28.3 Å². The van der Waals surface area contributed by atoms with E-state index in [1.54, 1.807) is 0 Å². The second-order valence-corrected chi connectivity index (χ2v) is 8.10. The number of anilines is 1. The minimum atomic E-state index is -5.41. The number of phosphoric acid groups is 2. The molecule has 0 amide bonds. The minimum absolute atomic E-state index is 0.141. The van der Waals surface area contributed by atoms with Crippen LogP contribution in [0.1, 0.15) is 6.23 Å². The third kappa shape index (κ3) is 4.97. The van der Waals surface area contributed by atoms with Gasteiger partial charge in [-0.3, -0.25) is 9.09 Å². The summed E-state index contributed by atoms with van der Waals surface area (Å²) in [5.74, 6) is -2.65. The van der Waals surface area contributed by atoms with Gasteiger partial charge in [0.1, 0.15) is 18.5 Å². The van der Waals surface area contributed by atoms with Crippen molar-refractivity contribution in [3.05, 3.63) is 22.7 Å². The number of halogens is 1. The first kappa shape index (κ1) is 22.0. The zero-order valence-corrected chi connectivity index (χ0v) is 15.3. The highest BCUT2D eigenvalue weighted by atomic mass is 31.3. The predicted octanol–water partition coefficient (Wildman–Crippen LogP) is -1.38. The molecule has 1 aliphatic rings. The van der Waals surface area contributed by atoms with Gasteiger partial charge in [-0.05, 0) is 6.07 Å². The second-order valence-electron chi connectivity index (χ2n) is 5.27. The van der Waals surface area contributed by atoms with Crippen LogP contribution in [0.25, 0.3) is 0 Å². The molecule has 1 aliphatic heterocycles. The minimum Gasteiger partial charge on any atom is -0.385 e. The molecule has 2 heterocycles. The number of nitrogen functional groups attached to an aromatic ring is 1. The number of aliphatic hydroxyl groups is 1. The van der Waals surface area contributed by atoms with Gasteiger partial charge in [0, 0.05) is 13.3 Å². The third-order valence-electron chi connectivity index (χ3n) is 3.44. The maximum Gasteiger partial charge on any atom is 0.481 e. The number of hydrogen-bond acceptors (Lipinski definition) is 10. The second kappa shape index (κ2) is 7.64. The Morgan fingerprint density at radius 3 is 2.59 bits per heavy atom. The van der Waals surface area contributed by atoms with Crippen LogP contribution in [0.2, 0.25) is 0 Å². The number of hydrogen-bond donors (Lipinski definition) is 5. The van der Waals surface area contributed by atoms with E-state index >= 15 is 0 Å². The Morgan fingerprint density at radius 1 is 1.44 bits per heavy atom. The van der Waals surface area contributed by atoms with Crippen molar-refractivity contribution < 1.29 is 51.6 Å².